The van der Waals surface area contributed by atoms with Crippen molar-refractivity contribution in [2.75, 3.05) is 13.1 Å². The average molecular weight is 195 g/mol. The number of rotatable bonds is 2. The lowest BCUT2D eigenvalue weighted by Gasteiger charge is -2.11. The van der Waals surface area contributed by atoms with Gasteiger partial charge in [0.1, 0.15) is 0 Å². The molecule has 0 saturated carbocycles. The van der Waals surface area contributed by atoms with Crippen molar-refractivity contribution in [1.29, 1.82) is 0 Å². The highest BCUT2D eigenvalue weighted by atomic mass is 16.4. The summed E-state index contributed by atoms with van der Waals surface area (Å²) in [5.74, 6) is -0.996. The van der Waals surface area contributed by atoms with E-state index in [1.54, 1.807) is 10.9 Å². The Balaban J connectivity index is 2.21. The Morgan fingerprint density at radius 1 is 1.71 bits per heavy atom. The van der Waals surface area contributed by atoms with Gasteiger partial charge in [-0.1, -0.05) is 0 Å². The number of nitrogens with one attached hydrogen (secondary N) is 1. The van der Waals surface area contributed by atoms with Crippen LogP contribution in [0, 0.1) is 5.92 Å². The summed E-state index contributed by atoms with van der Waals surface area (Å²) >= 11 is 0. The molecule has 2 rings (SSSR count). The van der Waals surface area contributed by atoms with Crippen molar-refractivity contribution in [3.8, 4) is 0 Å². The zero-order chi connectivity index (χ0) is 10.1. The van der Waals surface area contributed by atoms with E-state index in [2.05, 4.69) is 10.4 Å². The molecule has 76 valence electrons. The molecule has 1 aliphatic rings. The zero-order valence-corrected chi connectivity index (χ0v) is 7.97. The Bertz CT molecular complexity index is 348. The highest BCUT2D eigenvalue weighted by molar-refractivity contribution is 5.72. The molecule has 0 radical (unpaired) electrons. The molecule has 5 nitrogen and oxygen atoms in total. The monoisotopic (exact) mass is 195 g/mol. The van der Waals surface area contributed by atoms with E-state index in [1.165, 1.54) is 0 Å². The van der Waals surface area contributed by atoms with Crippen LogP contribution in [0.3, 0.4) is 0 Å². The molecule has 0 aliphatic carbocycles. The lowest BCUT2D eigenvalue weighted by Crippen LogP contribution is -2.20. The Kier molecular flexibility index (Phi) is 2.25. The zero-order valence-electron chi connectivity index (χ0n) is 7.97. The van der Waals surface area contributed by atoms with Gasteiger partial charge in [-0.05, 0) is 5.56 Å². The maximum Gasteiger partial charge on any atom is 0.308 e. The minimum atomic E-state index is -0.733. The van der Waals surface area contributed by atoms with Gasteiger partial charge in [0, 0.05) is 32.3 Å². The van der Waals surface area contributed by atoms with Crippen LogP contribution in [0.2, 0.25) is 0 Å². The summed E-state index contributed by atoms with van der Waals surface area (Å²) in [6.45, 7) is 1.28. The summed E-state index contributed by atoms with van der Waals surface area (Å²) in [7, 11) is 1.83. The van der Waals surface area contributed by atoms with E-state index < -0.39 is 5.97 Å². The molecule has 0 bridgehead atoms. The number of aliphatic carboxylic acids is 1. The first kappa shape index (κ1) is 9.21. The van der Waals surface area contributed by atoms with Crippen molar-refractivity contribution in [3.63, 3.8) is 0 Å². The van der Waals surface area contributed by atoms with Gasteiger partial charge in [-0.3, -0.25) is 9.48 Å². The predicted octanol–water partition coefficient (Wildman–Crippen LogP) is -0.192. The van der Waals surface area contributed by atoms with Gasteiger partial charge in [0.05, 0.1) is 12.1 Å². The first-order chi connectivity index (χ1) is 6.68. The molecule has 2 heterocycles. The number of aryl methyl sites for hydroxylation is 1. The maximum atomic E-state index is 10.9. The lowest BCUT2D eigenvalue weighted by atomic mass is 9.91. The molecule has 2 N–H and O–H groups in total. The molecule has 0 aromatic carbocycles. The molecule has 14 heavy (non-hydrogen) atoms. The first-order valence-electron chi connectivity index (χ1n) is 4.60. The summed E-state index contributed by atoms with van der Waals surface area (Å²) in [6, 6.07) is 0. The summed E-state index contributed by atoms with van der Waals surface area (Å²) in [4.78, 5) is 10.9. The maximum absolute atomic E-state index is 10.9. The van der Waals surface area contributed by atoms with E-state index in [0.717, 1.165) is 12.1 Å². The first-order valence-corrected chi connectivity index (χ1v) is 4.60. The third-order valence-corrected chi connectivity index (χ3v) is 2.68. The molecular weight excluding hydrogens is 182 g/mol. The summed E-state index contributed by atoms with van der Waals surface area (Å²) < 4.78 is 1.70. The van der Waals surface area contributed by atoms with Crippen LogP contribution in [0.5, 0.6) is 0 Å². The second kappa shape index (κ2) is 3.42. The second-order valence-corrected chi connectivity index (χ2v) is 3.66. The van der Waals surface area contributed by atoms with Crippen LogP contribution < -0.4 is 5.32 Å². The smallest absolute Gasteiger partial charge is 0.308 e. The molecule has 0 spiro atoms. The van der Waals surface area contributed by atoms with Crippen LogP contribution in [-0.4, -0.2) is 33.9 Å². The number of carboxylic acid groups (broad SMARTS) is 1. The van der Waals surface area contributed by atoms with Gasteiger partial charge in [0.2, 0.25) is 0 Å². The third-order valence-electron chi connectivity index (χ3n) is 2.68. The topological polar surface area (TPSA) is 67.2 Å². The molecule has 1 saturated heterocycles. The molecular formula is C9H13N3O2. The SMILES string of the molecule is Cn1cc([C@@H]2CNC[C@H]2C(=O)O)cn1. The molecule has 5 heteroatoms. The van der Waals surface area contributed by atoms with Crippen LogP contribution in [0.25, 0.3) is 0 Å². The van der Waals surface area contributed by atoms with Gasteiger partial charge in [0.25, 0.3) is 0 Å². The summed E-state index contributed by atoms with van der Waals surface area (Å²) in [5.41, 5.74) is 1.00. The van der Waals surface area contributed by atoms with Crippen LogP contribution in [0.15, 0.2) is 12.4 Å². The molecule has 0 amide bonds. The van der Waals surface area contributed by atoms with Crippen LogP contribution in [-0.2, 0) is 11.8 Å². The fourth-order valence-electron chi connectivity index (χ4n) is 1.92. The van der Waals surface area contributed by atoms with Gasteiger partial charge in [0.15, 0.2) is 0 Å². The van der Waals surface area contributed by atoms with E-state index >= 15 is 0 Å². The van der Waals surface area contributed by atoms with Gasteiger partial charge in [-0.2, -0.15) is 5.10 Å². The van der Waals surface area contributed by atoms with E-state index in [9.17, 15) is 4.79 Å². The molecule has 1 aromatic heterocycles. The second-order valence-electron chi connectivity index (χ2n) is 3.66. The average Bonchev–Trinajstić information content (AvgIpc) is 2.70. The number of carbonyl (C=O) groups is 1. The van der Waals surface area contributed by atoms with Crippen molar-refractivity contribution < 1.29 is 9.90 Å². The summed E-state index contributed by atoms with van der Waals surface area (Å²) in [5, 5.41) is 16.1. The van der Waals surface area contributed by atoms with E-state index in [-0.39, 0.29) is 11.8 Å². The van der Waals surface area contributed by atoms with Crippen molar-refractivity contribution >= 4 is 5.97 Å². The quantitative estimate of drug-likeness (QED) is 0.686. The number of nitrogens with zero attached hydrogens (tertiary/aromatic N) is 2. The van der Waals surface area contributed by atoms with Gasteiger partial charge >= 0.3 is 5.97 Å². The van der Waals surface area contributed by atoms with Gasteiger partial charge in [-0.15, -0.1) is 0 Å². The van der Waals surface area contributed by atoms with Crippen molar-refractivity contribution in [3.05, 3.63) is 18.0 Å². The standard InChI is InChI=1S/C9H13N3O2/c1-12-5-6(2-11-12)7-3-10-4-8(7)9(13)14/h2,5,7-8,10H,3-4H2,1H3,(H,13,14)/t7-,8+/m0/s1. The van der Waals surface area contributed by atoms with Gasteiger partial charge < -0.3 is 10.4 Å². The molecule has 2 atom stereocenters. The molecule has 1 fully saturated rings. The molecule has 1 aromatic rings. The van der Waals surface area contributed by atoms with Crippen LogP contribution in [0.4, 0.5) is 0 Å². The van der Waals surface area contributed by atoms with Gasteiger partial charge in [-0.25, -0.2) is 0 Å². The fourth-order valence-corrected chi connectivity index (χ4v) is 1.92. The number of carboxylic acids is 1. The predicted molar refractivity (Wildman–Crippen MR) is 49.9 cm³/mol. The Morgan fingerprint density at radius 3 is 3.07 bits per heavy atom. The largest absolute Gasteiger partial charge is 0.481 e. The highest BCUT2D eigenvalue weighted by Crippen LogP contribution is 2.27. The van der Waals surface area contributed by atoms with E-state index in [1.807, 2.05) is 13.2 Å². The third kappa shape index (κ3) is 1.50. The Labute approximate surface area is 81.7 Å². The lowest BCUT2D eigenvalue weighted by molar-refractivity contribution is -0.141. The number of hydrogen-bond acceptors (Lipinski definition) is 3. The normalized spacial score (nSPS) is 26.6. The van der Waals surface area contributed by atoms with Crippen LogP contribution >= 0.6 is 0 Å². The number of hydrogen-bond donors (Lipinski definition) is 2. The number of aromatic nitrogens is 2. The van der Waals surface area contributed by atoms with Crippen molar-refractivity contribution in [2.45, 2.75) is 5.92 Å². The minimum Gasteiger partial charge on any atom is -0.481 e. The Hall–Kier alpha value is -1.36. The fraction of sp³-hybridized carbons (Fsp3) is 0.556. The van der Waals surface area contributed by atoms with Crippen LogP contribution in [0.1, 0.15) is 11.5 Å². The summed E-state index contributed by atoms with van der Waals surface area (Å²) in [6.07, 6.45) is 3.63. The Morgan fingerprint density at radius 2 is 2.50 bits per heavy atom. The molecule has 0 unspecified atom stereocenters. The minimum absolute atomic E-state index is 0.0567. The van der Waals surface area contributed by atoms with Crippen molar-refractivity contribution in [2.24, 2.45) is 13.0 Å². The highest BCUT2D eigenvalue weighted by Gasteiger charge is 2.34. The van der Waals surface area contributed by atoms with Crippen molar-refractivity contribution in [1.82, 2.24) is 15.1 Å². The van der Waals surface area contributed by atoms with E-state index in [4.69, 9.17) is 5.11 Å². The van der Waals surface area contributed by atoms with E-state index in [0.29, 0.717) is 6.54 Å². The molecule has 1 aliphatic heterocycles.